The van der Waals surface area contributed by atoms with E-state index in [1.807, 2.05) is 5.38 Å². The molecule has 0 saturated heterocycles. The summed E-state index contributed by atoms with van der Waals surface area (Å²) >= 11 is 1.65. The highest BCUT2D eigenvalue weighted by atomic mass is 32.1. The summed E-state index contributed by atoms with van der Waals surface area (Å²) in [5.41, 5.74) is 5.09. The first-order chi connectivity index (χ1) is 12.1. The molecule has 1 aromatic carbocycles. The van der Waals surface area contributed by atoms with Gasteiger partial charge in [0, 0.05) is 15.8 Å². The van der Waals surface area contributed by atoms with Crippen LogP contribution in [0.15, 0.2) is 22.6 Å². The molecule has 0 saturated carbocycles. The Kier molecular flexibility index (Phi) is 5.23. The lowest BCUT2D eigenvalue weighted by Gasteiger charge is -2.11. The standard InChI is InChI=1S/C18H20N2O4S/c1-23-14-7-11(8-15(24-2)17(14)21)9-19-20-18(22)13-10-25-16-6-4-3-5-12(13)16/h7-10,21H,3-6H2,1-2H3,(H,20,22)/b19-9+. The number of aromatic hydroxyl groups is 1. The maximum atomic E-state index is 12.4. The van der Waals surface area contributed by atoms with Gasteiger partial charge in [-0.2, -0.15) is 5.10 Å². The molecule has 6 nitrogen and oxygen atoms in total. The number of benzene rings is 1. The molecule has 0 bridgehead atoms. The van der Waals surface area contributed by atoms with Gasteiger partial charge in [0.15, 0.2) is 11.5 Å². The van der Waals surface area contributed by atoms with Gasteiger partial charge in [-0.25, -0.2) is 5.43 Å². The number of amides is 1. The first-order valence-corrected chi connectivity index (χ1v) is 8.89. The SMILES string of the molecule is COc1cc(/C=N/NC(=O)c2csc3c2CCCC3)cc(OC)c1O. The minimum atomic E-state index is -0.201. The Labute approximate surface area is 150 Å². The van der Waals surface area contributed by atoms with E-state index in [2.05, 4.69) is 10.5 Å². The van der Waals surface area contributed by atoms with E-state index >= 15 is 0 Å². The highest BCUT2D eigenvalue weighted by Crippen LogP contribution is 2.36. The van der Waals surface area contributed by atoms with Gasteiger partial charge in [0.2, 0.25) is 5.75 Å². The van der Waals surface area contributed by atoms with Crippen molar-refractivity contribution in [3.63, 3.8) is 0 Å². The topological polar surface area (TPSA) is 80.2 Å². The number of ether oxygens (including phenoxy) is 2. The van der Waals surface area contributed by atoms with Gasteiger partial charge in [-0.3, -0.25) is 4.79 Å². The summed E-state index contributed by atoms with van der Waals surface area (Å²) in [7, 11) is 2.91. The number of hydrogen-bond acceptors (Lipinski definition) is 6. The first kappa shape index (κ1) is 17.3. The molecule has 1 aliphatic carbocycles. The number of carbonyl (C=O) groups is 1. The number of hydrazone groups is 1. The van der Waals surface area contributed by atoms with Crippen molar-refractivity contribution in [3.8, 4) is 17.2 Å². The molecule has 0 radical (unpaired) electrons. The van der Waals surface area contributed by atoms with Crippen LogP contribution in [0.4, 0.5) is 0 Å². The Morgan fingerprint density at radius 3 is 2.60 bits per heavy atom. The molecule has 1 aliphatic rings. The molecule has 0 aliphatic heterocycles. The molecular weight excluding hydrogens is 340 g/mol. The highest BCUT2D eigenvalue weighted by molar-refractivity contribution is 7.10. The van der Waals surface area contributed by atoms with Crippen molar-refractivity contribution in [2.24, 2.45) is 5.10 Å². The van der Waals surface area contributed by atoms with E-state index in [1.54, 1.807) is 23.5 Å². The molecule has 132 valence electrons. The number of thiophene rings is 1. The van der Waals surface area contributed by atoms with Crippen molar-refractivity contribution in [2.75, 3.05) is 14.2 Å². The summed E-state index contributed by atoms with van der Waals surface area (Å²) in [5, 5.41) is 15.8. The molecular formula is C18H20N2O4S. The lowest BCUT2D eigenvalue weighted by atomic mass is 9.96. The quantitative estimate of drug-likeness (QED) is 0.634. The highest BCUT2D eigenvalue weighted by Gasteiger charge is 2.19. The predicted octanol–water partition coefficient (Wildman–Crippen LogP) is 3.11. The fraction of sp³-hybridized carbons (Fsp3) is 0.333. The predicted molar refractivity (Wildman–Crippen MR) is 97.2 cm³/mol. The minimum Gasteiger partial charge on any atom is -0.502 e. The first-order valence-electron chi connectivity index (χ1n) is 8.01. The van der Waals surface area contributed by atoms with Gasteiger partial charge in [-0.05, 0) is 43.4 Å². The van der Waals surface area contributed by atoms with Crippen LogP contribution in [0.1, 0.15) is 39.2 Å². The van der Waals surface area contributed by atoms with Gasteiger partial charge in [0.1, 0.15) is 0 Å². The van der Waals surface area contributed by atoms with Crippen LogP contribution in [0.2, 0.25) is 0 Å². The van der Waals surface area contributed by atoms with Gasteiger partial charge in [0.25, 0.3) is 5.91 Å². The molecule has 2 aromatic rings. The summed E-state index contributed by atoms with van der Waals surface area (Å²) in [6.07, 6.45) is 5.82. The van der Waals surface area contributed by atoms with E-state index in [1.165, 1.54) is 31.7 Å². The second kappa shape index (κ2) is 7.57. The van der Waals surface area contributed by atoms with Crippen molar-refractivity contribution in [2.45, 2.75) is 25.7 Å². The molecule has 1 aromatic heterocycles. The Morgan fingerprint density at radius 2 is 1.92 bits per heavy atom. The monoisotopic (exact) mass is 360 g/mol. The number of phenols is 1. The molecule has 2 N–H and O–H groups in total. The molecule has 7 heteroatoms. The number of rotatable bonds is 5. The lowest BCUT2D eigenvalue weighted by molar-refractivity contribution is 0.0954. The van der Waals surface area contributed by atoms with E-state index in [-0.39, 0.29) is 23.2 Å². The Hall–Kier alpha value is -2.54. The van der Waals surface area contributed by atoms with Crippen LogP contribution in [0.25, 0.3) is 0 Å². The number of phenolic OH excluding ortho intramolecular Hbond substituents is 1. The number of nitrogens with one attached hydrogen (secondary N) is 1. The maximum Gasteiger partial charge on any atom is 0.272 e. The van der Waals surface area contributed by atoms with E-state index in [0.717, 1.165) is 30.4 Å². The summed E-state index contributed by atoms with van der Waals surface area (Å²) in [4.78, 5) is 13.7. The van der Waals surface area contributed by atoms with Gasteiger partial charge in [-0.1, -0.05) is 0 Å². The zero-order valence-corrected chi connectivity index (χ0v) is 15.0. The molecule has 0 spiro atoms. The third-order valence-electron chi connectivity index (χ3n) is 4.19. The second-order valence-electron chi connectivity index (χ2n) is 5.73. The van der Waals surface area contributed by atoms with Crippen molar-refractivity contribution in [1.82, 2.24) is 5.43 Å². The fourth-order valence-electron chi connectivity index (χ4n) is 2.90. The average Bonchev–Trinajstić information content (AvgIpc) is 3.07. The molecule has 1 amide bonds. The van der Waals surface area contributed by atoms with Crippen LogP contribution in [0, 0.1) is 0 Å². The van der Waals surface area contributed by atoms with Gasteiger partial charge in [0.05, 0.1) is 26.0 Å². The van der Waals surface area contributed by atoms with Crippen LogP contribution in [0.3, 0.4) is 0 Å². The van der Waals surface area contributed by atoms with E-state index in [4.69, 9.17) is 9.47 Å². The molecule has 0 unspecified atom stereocenters. The lowest BCUT2D eigenvalue weighted by Crippen LogP contribution is -2.19. The van der Waals surface area contributed by atoms with Gasteiger partial charge < -0.3 is 14.6 Å². The number of nitrogens with zero attached hydrogens (tertiary/aromatic N) is 1. The summed E-state index contributed by atoms with van der Waals surface area (Å²) in [6, 6.07) is 3.22. The molecule has 0 atom stereocenters. The maximum absolute atomic E-state index is 12.4. The van der Waals surface area contributed by atoms with Crippen LogP contribution < -0.4 is 14.9 Å². The third-order valence-corrected chi connectivity index (χ3v) is 5.28. The summed E-state index contributed by atoms with van der Waals surface area (Å²) < 4.78 is 10.2. The zero-order chi connectivity index (χ0) is 17.8. The number of carbonyl (C=O) groups excluding carboxylic acids is 1. The molecule has 1 heterocycles. The van der Waals surface area contributed by atoms with E-state index in [0.29, 0.717) is 5.56 Å². The minimum absolute atomic E-state index is 0.0731. The number of methoxy groups -OCH3 is 2. The van der Waals surface area contributed by atoms with E-state index < -0.39 is 0 Å². The van der Waals surface area contributed by atoms with Crippen LogP contribution >= 0.6 is 11.3 Å². The van der Waals surface area contributed by atoms with Crippen molar-refractivity contribution < 1.29 is 19.4 Å². The smallest absolute Gasteiger partial charge is 0.272 e. The van der Waals surface area contributed by atoms with Crippen molar-refractivity contribution in [3.05, 3.63) is 39.1 Å². The fourth-order valence-corrected chi connectivity index (χ4v) is 4.02. The number of hydrogen-bond donors (Lipinski definition) is 2. The van der Waals surface area contributed by atoms with Crippen LogP contribution in [-0.2, 0) is 12.8 Å². The van der Waals surface area contributed by atoms with E-state index in [9.17, 15) is 9.90 Å². The van der Waals surface area contributed by atoms with Crippen molar-refractivity contribution >= 4 is 23.5 Å². The Morgan fingerprint density at radius 1 is 1.24 bits per heavy atom. The third kappa shape index (κ3) is 3.61. The average molecular weight is 360 g/mol. The number of fused-ring (bicyclic) bond motifs is 1. The Balaban J connectivity index is 1.73. The molecule has 3 rings (SSSR count). The molecule has 25 heavy (non-hydrogen) atoms. The summed E-state index contributed by atoms with van der Waals surface area (Å²) in [5.74, 6) is 0.280. The Bertz CT molecular complexity index is 788. The van der Waals surface area contributed by atoms with Crippen LogP contribution in [0.5, 0.6) is 17.2 Å². The molecule has 0 fully saturated rings. The van der Waals surface area contributed by atoms with Crippen LogP contribution in [-0.4, -0.2) is 31.4 Å². The number of aryl methyl sites for hydroxylation is 1. The largest absolute Gasteiger partial charge is 0.502 e. The second-order valence-corrected chi connectivity index (χ2v) is 6.70. The van der Waals surface area contributed by atoms with Gasteiger partial charge in [-0.15, -0.1) is 11.3 Å². The summed E-state index contributed by atoms with van der Waals surface area (Å²) in [6.45, 7) is 0. The van der Waals surface area contributed by atoms with Crippen molar-refractivity contribution in [1.29, 1.82) is 0 Å². The van der Waals surface area contributed by atoms with Gasteiger partial charge >= 0.3 is 0 Å². The zero-order valence-electron chi connectivity index (χ0n) is 14.2. The normalized spacial score (nSPS) is 13.5.